The summed E-state index contributed by atoms with van der Waals surface area (Å²) < 4.78 is 8.18. The van der Waals surface area contributed by atoms with Gasteiger partial charge >= 0.3 is 0 Å². The molecule has 0 radical (unpaired) electrons. The van der Waals surface area contributed by atoms with Gasteiger partial charge in [-0.05, 0) is 55.5 Å². The number of imidazole rings is 1. The number of nitrogens with zero attached hydrogens (tertiary/aromatic N) is 3. The zero-order valence-corrected chi connectivity index (χ0v) is 15.3. The molecule has 0 atom stereocenters. The fourth-order valence-electron chi connectivity index (χ4n) is 3.23. The molecule has 1 aliphatic rings. The van der Waals surface area contributed by atoms with Crippen molar-refractivity contribution in [3.63, 3.8) is 0 Å². The minimum atomic E-state index is 0.496. The first kappa shape index (κ1) is 16.3. The lowest BCUT2D eigenvalue weighted by Gasteiger charge is -2.19. The van der Waals surface area contributed by atoms with Crippen molar-refractivity contribution >= 4 is 23.1 Å². The number of halogens is 1. The Balaban J connectivity index is 1.60. The first-order valence-electron chi connectivity index (χ1n) is 8.68. The van der Waals surface area contributed by atoms with Crippen molar-refractivity contribution in [2.45, 2.75) is 26.4 Å². The molecule has 25 heavy (non-hydrogen) atoms. The third-order valence-electron chi connectivity index (χ3n) is 4.65. The maximum Gasteiger partial charge on any atom is 0.181 e. The van der Waals surface area contributed by atoms with Crippen LogP contribution in [0.25, 0.3) is 5.65 Å². The second kappa shape index (κ2) is 6.60. The molecular formula is C20H22ClN3O. The van der Waals surface area contributed by atoms with E-state index in [-0.39, 0.29) is 0 Å². The van der Waals surface area contributed by atoms with Crippen molar-refractivity contribution in [2.24, 2.45) is 5.92 Å². The fraction of sp³-hybridized carbons (Fsp3) is 0.350. The van der Waals surface area contributed by atoms with E-state index >= 15 is 0 Å². The molecule has 5 heteroatoms. The quantitative estimate of drug-likeness (QED) is 0.640. The van der Waals surface area contributed by atoms with Crippen molar-refractivity contribution in [3.05, 3.63) is 58.9 Å². The summed E-state index contributed by atoms with van der Waals surface area (Å²) in [5.41, 5.74) is 2.98. The smallest absolute Gasteiger partial charge is 0.181 e. The normalized spacial score (nSPS) is 14.0. The van der Waals surface area contributed by atoms with E-state index in [1.54, 1.807) is 0 Å². The average Bonchev–Trinajstić information content (AvgIpc) is 3.33. The van der Waals surface area contributed by atoms with E-state index in [0.29, 0.717) is 6.61 Å². The second-order valence-electron chi connectivity index (χ2n) is 6.83. The van der Waals surface area contributed by atoms with Gasteiger partial charge in [0, 0.05) is 24.8 Å². The standard InChI is InChI=1S/C20H22ClN3O/c1-14-20(23(2)12-15-5-6-15)24-11-3-4-18(19(24)22-14)25-13-16-7-9-17(21)10-8-16/h3-4,7-11,15H,5-6,12-13H2,1-2H3. The number of anilines is 1. The Morgan fingerprint density at radius 3 is 2.72 bits per heavy atom. The van der Waals surface area contributed by atoms with E-state index in [1.807, 2.05) is 36.4 Å². The topological polar surface area (TPSA) is 29.8 Å². The lowest BCUT2D eigenvalue weighted by atomic mass is 10.2. The zero-order valence-electron chi connectivity index (χ0n) is 14.6. The highest BCUT2D eigenvalue weighted by Crippen LogP contribution is 2.33. The van der Waals surface area contributed by atoms with Gasteiger partial charge in [-0.15, -0.1) is 0 Å². The summed E-state index contributed by atoms with van der Waals surface area (Å²) in [6.07, 6.45) is 4.74. The van der Waals surface area contributed by atoms with E-state index in [0.717, 1.165) is 46.0 Å². The molecule has 0 aliphatic heterocycles. The monoisotopic (exact) mass is 355 g/mol. The highest BCUT2D eigenvalue weighted by atomic mass is 35.5. The van der Waals surface area contributed by atoms with E-state index in [9.17, 15) is 0 Å². The van der Waals surface area contributed by atoms with Gasteiger partial charge in [0.2, 0.25) is 0 Å². The summed E-state index contributed by atoms with van der Waals surface area (Å²) in [5.74, 6) is 2.78. The van der Waals surface area contributed by atoms with Crippen LogP contribution in [-0.4, -0.2) is 23.0 Å². The van der Waals surface area contributed by atoms with Gasteiger partial charge in [0.25, 0.3) is 0 Å². The summed E-state index contributed by atoms with van der Waals surface area (Å²) in [4.78, 5) is 7.08. The van der Waals surface area contributed by atoms with Crippen LogP contribution in [0.3, 0.4) is 0 Å². The molecule has 2 aromatic heterocycles. The number of hydrogen-bond acceptors (Lipinski definition) is 3. The van der Waals surface area contributed by atoms with Gasteiger partial charge in [0.1, 0.15) is 12.4 Å². The Labute approximate surface area is 153 Å². The van der Waals surface area contributed by atoms with Crippen LogP contribution in [0.2, 0.25) is 5.02 Å². The summed E-state index contributed by atoms with van der Waals surface area (Å²) in [6, 6.07) is 11.7. The first-order valence-corrected chi connectivity index (χ1v) is 9.05. The first-order chi connectivity index (χ1) is 12.1. The molecule has 0 saturated heterocycles. The minimum absolute atomic E-state index is 0.496. The number of fused-ring (bicyclic) bond motifs is 1. The molecule has 1 aromatic carbocycles. The number of pyridine rings is 1. The molecule has 3 aromatic rings. The van der Waals surface area contributed by atoms with Crippen LogP contribution in [0.5, 0.6) is 5.75 Å². The molecule has 4 nitrogen and oxygen atoms in total. The highest BCUT2D eigenvalue weighted by molar-refractivity contribution is 6.30. The molecule has 130 valence electrons. The van der Waals surface area contributed by atoms with Crippen LogP contribution in [0.1, 0.15) is 24.1 Å². The predicted molar refractivity (Wildman–Crippen MR) is 102 cm³/mol. The van der Waals surface area contributed by atoms with Crippen molar-refractivity contribution in [1.82, 2.24) is 9.38 Å². The van der Waals surface area contributed by atoms with Gasteiger partial charge in [-0.2, -0.15) is 0 Å². The molecule has 0 amide bonds. The maximum absolute atomic E-state index is 6.04. The summed E-state index contributed by atoms with van der Waals surface area (Å²) in [6.45, 7) is 3.65. The molecule has 0 bridgehead atoms. The Morgan fingerprint density at radius 2 is 2.00 bits per heavy atom. The molecule has 4 rings (SSSR count). The third kappa shape index (κ3) is 3.45. The van der Waals surface area contributed by atoms with Gasteiger partial charge in [0.15, 0.2) is 11.4 Å². The minimum Gasteiger partial charge on any atom is -0.485 e. The summed E-state index contributed by atoms with van der Waals surface area (Å²) >= 11 is 5.94. The molecule has 0 spiro atoms. The van der Waals surface area contributed by atoms with Crippen LogP contribution >= 0.6 is 11.6 Å². The van der Waals surface area contributed by atoms with E-state index in [1.165, 1.54) is 12.8 Å². The predicted octanol–water partition coefficient (Wildman–Crippen LogP) is 4.72. The molecule has 1 saturated carbocycles. The molecule has 0 N–H and O–H groups in total. The fourth-order valence-corrected chi connectivity index (χ4v) is 3.36. The molecule has 1 fully saturated rings. The van der Waals surface area contributed by atoms with Gasteiger partial charge in [-0.25, -0.2) is 4.98 Å². The number of benzene rings is 1. The Bertz CT molecular complexity index is 884. The Morgan fingerprint density at radius 1 is 1.24 bits per heavy atom. The third-order valence-corrected chi connectivity index (χ3v) is 4.91. The average molecular weight is 356 g/mol. The number of aryl methyl sites for hydroxylation is 1. The van der Waals surface area contributed by atoms with Gasteiger partial charge in [0.05, 0.1) is 5.69 Å². The van der Waals surface area contributed by atoms with Crippen molar-refractivity contribution in [3.8, 4) is 5.75 Å². The molecular weight excluding hydrogens is 334 g/mol. The number of ether oxygens (including phenoxy) is 1. The van der Waals surface area contributed by atoms with Crippen molar-refractivity contribution in [1.29, 1.82) is 0 Å². The van der Waals surface area contributed by atoms with Gasteiger partial charge < -0.3 is 9.64 Å². The van der Waals surface area contributed by atoms with Crippen molar-refractivity contribution in [2.75, 3.05) is 18.5 Å². The molecule has 2 heterocycles. The van der Waals surface area contributed by atoms with E-state index in [2.05, 4.69) is 29.5 Å². The zero-order chi connectivity index (χ0) is 17.4. The van der Waals surface area contributed by atoms with Crippen LogP contribution < -0.4 is 9.64 Å². The van der Waals surface area contributed by atoms with E-state index < -0.39 is 0 Å². The maximum atomic E-state index is 6.04. The Kier molecular flexibility index (Phi) is 4.30. The number of rotatable bonds is 6. The number of hydrogen-bond donors (Lipinski definition) is 0. The lowest BCUT2D eigenvalue weighted by Crippen LogP contribution is -2.22. The largest absolute Gasteiger partial charge is 0.485 e. The van der Waals surface area contributed by atoms with E-state index in [4.69, 9.17) is 21.3 Å². The number of aromatic nitrogens is 2. The second-order valence-corrected chi connectivity index (χ2v) is 7.26. The van der Waals surface area contributed by atoms with Gasteiger partial charge in [-0.1, -0.05) is 23.7 Å². The Hall–Kier alpha value is -2.20. The van der Waals surface area contributed by atoms with Crippen LogP contribution in [0.15, 0.2) is 42.6 Å². The van der Waals surface area contributed by atoms with Crippen LogP contribution in [-0.2, 0) is 6.61 Å². The summed E-state index contributed by atoms with van der Waals surface area (Å²) in [7, 11) is 2.15. The highest BCUT2D eigenvalue weighted by Gasteiger charge is 2.25. The summed E-state index contributed by atoms with van der Waals surface area (Å²) in [5, 5.41) is 0.734. The SMILES string of the molecule is Cc1nc2c(OCc3ccc(Cl)cc3)cccn2c1N(C)CC1CC1. The van der Waals surface area contributed by atoms with Crippen LogP contribution in [0.4, 0.5) is 5.82 Å². The molecule has 0 unspecified atom stereocenters. The van der Waals surface area contributed by atoms with Crippen LogP contribution in [0, 0.1) is 12.8 Å². The molecule has 1 aliphatic carbocycles. The van der Waals surface area contributed by atoms with Gasteiger partial charge in [-0.3, -0.25) is 4.40 Å². The lowest BCUT2D eigenvalue weighted by molar-refractivity contribution is 0.308. The van der Waals surface area contributed by atoms with Crippen molar-refractivity contribution < 1.29 is 4.74 Å².